The number of likely N-dealkylation sites (tertiary alicyclic amines) is 1. The highest BCUT2D eigenvalue weighted by Gasteiger charge is 2.22. The van der Waals surface area contributed by atoms with Crippen molar-refractivity contribution < 1.29 is 4.74 Å². The molecule has 0 radical (unpaired) electrons. The number of rotatable bonds is 5. The molecular weight excluding hydrogens is 236 g/mol. The predicted molar refractivity (Wildman–Crippen MR) is 79.4 cm³/mol. The van der Waals surface area contributed by atoms with Gasteiger partial charge in [-0.05, 0) is 69.4 Å². The summed E-state index contributed by atoms with van der Waals surface area (Å²) in [5.74, 6) is 1.77. The van der Waals surface area contributed by atoms with Crippen LogP contribution in [0.2, 0.25) is 0 Å². The summed E-state index contributed by atoms with van der Waals surface area (Å²) in [6.07, 6.45) is 3.76. The second-order valence-corrected chi connectivity index (χ2v) is 5.51. The van der Waals surface area contributed by atoms with Gasteiger partial charge in [0.05, 0.1) is 7.11 Å². The Morgan fingerprint density at radius 2 is 1.89 bits per heavy atom. The van der Waals surface area contributed by atoms with E-state index in [1.165, 1.54) is 37.9 Å². The quantitative estimate of drug-likeness (QED) is 0.887. The van der Waals surface area contributed by atoms with E-state index >= 15 is 0 Å². The molecule has 0 bridgehead atoms. The molecule has 2 N–H and O–H groups in total. The predicted octanol–water partition coefficient (Wildman–Crippen LogP) is 2.82. The van der Waals surface area contributed by atoms with Crippen LogP contribution in [0.3, 0.4) is 0 Å². The van der Waals surface area contributed by atoms with Gasteiger partial charge < -0.3 is 10.5 Å². The third kappa shape index (κ3) is 3.71. The summed E-state index contributed by atoms with van der Waals surface area (Å²) in [6, 6.07) is 8.94. The molecule has 0 spiro atoms. The highest BCUT2D eigenvalue weighted by atomic mass is 16.5. The average molecular weight is 262 g/mol. The molecule has 1 atom stereocenters. The highest BCUT2D eigenvalue weighted by Crippen LogP contribution is 2.28. The zero-order valence-electron chi connectivity index (χ0n) is 12.1. The molecule has 1 aromatic carbocycles. The SMILES string of the molecule is COc1ccc(C(C)N2CCC(CCN)CC2)cc1. The molecule has 0 aliphatic carbocycles. The molecule has 1 unspecified atom stereocenters. The van der Waals surface area contributed by atoms with E-state index < -0.39 is 0 Å². The Balaban J connectivity index is 1.91. The van der Waals surface area contributed by atoms with E-state index in [0.717, 1.165) is 18.2 Å². The van der Waals surface area contributed by atoms with E-state index in [9.17, 15) is 0 Å². The minimum atomic E-state index is 0.490. The number of methoxy groups -OCH3 is 1. The van der Waals surface area contributed by atoms with Crippen molar-refractivity contribution in [2.24, 2.45) is 11.7 Å². The van der Waals surface area contributed by atoms with E-state index in [2.05, 4.69) is 24.0 Å². The fraction of sp³-hybridized carbons (Fsp3) is 0.625. The Bertz CT molecular complexity index is 369. The number of nitrogens with zero attached hydrogens (tertiary/aromatic N) is 1. The molecule has 1 fully saturated rings. The van der Waals surface area contributed by atoms with Crippen LogP contribution in [0.15, 0.2) is 24.3 Å². The Kier molecular flexibility index (Phi) is 5.23. The summed E-state index contributed by atoms with van der Waals surface area (Å²) in [7, 11) is 1.71. The maximum Gasteiger partial charge on any atom is 0.118 e. The molecule has 2 rings (SSSR count). The first-order chi connectivity index (χ1) is 9.24. The number of hydrogen-bond donors (Lipinski definition) is 1. The summed E-state index contributed by atoms with van der Waals surface area (Å²) in [4.78, 5) is 2.58. The first-order valence-electron chi connectivity index (χ1n) is 7.32. The third-order valence-corrected chi connectivity index (χ3v) is 4.37. The Morgan fingerprint density at radius 3 is 2.42 bits per heavy atom. The van der Waals surface area contributed by atoms with E-state index in [1.54, 1.807) is 7.11 Å². The van der Waals surface area contributed by atoms with Crippen molar-refractivity contribution in [1.29, 1.82) is 0 Å². The summed E-state index contributed by atoms with van der Waals surface area (Å²) < 4.78 is 5.21. The van der Waals surface area contributed by atoms with Crippen molar-refractivity contribution in [3.8, 4) is 5.75 Å². The minimum absolute atomic E-state index is 0.490. The zero-order chi connectivity index (χ0) is 13.7. The van der Waals surface area contributed by atoms with Crippen molar-refractivity contribution in [1.82, 2.24) is 4.90 Å². The van der Waals surface area contributed by atoms with Gasteiger partial charge in [0.2, 0.25) is 0 Å². The standard InChI is InChI=1S/C16H26N2O/c1-13(15-3-5-16(19-2)6-4-15)18-11-8-14(7-10-17)9-12-18/h3-6,13-14H,7-12,17H2,1-2H3. The lowest BCUT2D eigenvalue weighted by atomic mass is 9.92. The first kappa shape index (κ1) is 14.4. The van der Waals surface area contributed by atoms with E-state index in [4.69, 9.17) is 10.5 Å². The number of ether oxygens (including phenoxy) is 1. The number of hydrogen-bond acceptors (Lipinski definition) is 3. The molecule has 1 aromatic rings. The fourth-order valence-electron chi connectivity index (χ4n) is 2.96. The van der Waals surface area contributed by atoms with Crippen LogP contribution in [0.4, 0.5) is 0 Å². The van der Waals surface area contributed by atoms with Crippen LogP contribution >= 0.6 is 0 Å². The van der Waals surface area contributed by atoms with Crippen molar-refractivity contribution in [3.63, 3.8) is 0 Å². The minimum Gasteiger partial charge on any atom is -0.497 e. The van der Waals surface area contributed by atoms with E-state index in [-0.39, 0.29) is 0 Å². The number of piperidine rings is 1. The first-order valence-corrected chi connectivity index (χ1v) is 7.32. The molecule has 0 amide bonds. The van der Waals surface area contributed by atoms with Crippen LogP contribution in [-0.4, -0.2) is 31.6 Å². The van der Waals surface area contributed by atoms with Gasteiger partial charge in [-0.2, -0.15) is 0 Å². The van der Waals surface area contributed by atoms with Crippen LogP contribution < -0.4 is 10.5 Å². The smallest absolute Gasteiger partial charge is 0.118 e. The molecule has 19 heavy (non-hydrogen) atoms. The molecule has 0 aromatic heterocycles. The van der Waals surface area contributed by atoms with Gasteiger partial charge in [0.15, 0.2) is 0 Å². The average Bonchev–Trinajstić information content (AvgIpc) is 2.48. The third-order valence-electron chi connectivity index (χ3n) is 4.37. The summed E-state index contributed by atoms with van der Waals surface area (Å²) in [5.41, 5.74) is 7.02. The molecule has 1 heterocycles. The van der Waals surface area contributed by atoms with Gasteiger partial charge in [-0.25, -0.2) is 0 Å². The maximum absolute atomic E-state index is 5.65. The van der Waals surface area contributed by atoms with Crippen LogP contribution in [0.25, 0.3) is 0 Å². The van der Waals surface area contributed by atoms with Crippen LogP contribution in [-0.2, 0) is 0 Å². The molecule has 0 saturated carbocycles. The molecule has 1 aliphatic heterocycles. The molecule has 3 nitrogen and oxygen atoms in total. The van der Waals surface area contributed by atoms with Crippen molar-refractivity contribution >= 4 is 0 Å². The van der Waals surface area contributed by atoms with Gasteiger partial charge in [0.25, 0.3) is 0 Å². The lowest BCUT2D eigenvalue weighted by molar-refractivity contribution is 0.138. The number of nitrogens with two attached hydrogens (primary N) is 1. The maximum atomic E-state index is 5.65. The van der Waals surface area contributed by atoms with Gasteiger partial charge >= 0.3 is 0 Å². The lowest BCUT2D eigenvalue weighted by Gasteiger charge is -2.36. The number of benzene rings is 1. The Morgan fingerprint density at radius 1 is 1.26 bits per heavy atom. The fourth-order valence-corrected chi connectivity index (χ4v) is 2.96. The summed E-state index contributed by atoms with van der Waals surface area (Å²) in [5, 5.41) is 0. The van der Waals surface area contributed by atoms with Crippen LogP contribution in [0, 0.1) is 5.92 Å². The molecule has 3 heteroatoms. The lowest BCUT2D eigenvalue weighted by Crippen LogP contribution is -2.36. The highest BCUT2D eigenvalue weighted by molar-refractivity contribution is 5.28. The van der Waals surface area contributed by atoms with Crippen molar-refractivity contribution in [3.05, 3.63) is 29.8 Å². The van der Waals surface area contributed by atoms with E-state index in [1.807, 2.05) is 12.1 Å². The van der Waals surface area contributed by atoms with Crippen LogP contribution in [0.1, 0.15) is 37.8 Å². The molecular formula is C16H26N2O. The van der Waals surface area contributed by atoms with Gasteiger partial charge in [0, 0.05) is 6.04 Å². The van der Waals surface area contributed by atoms with Gasteiger partial charge in [-0.15, -0.1) is 0 Å². The monoisotopic (exact) mass is 262 g/mol. The van der Waals surface area contributed by atoms with E-state index in [0.29, 0.717) is 6.04 Å². The van der Waals surface area contributed by atoms with Gasteiger partial charge in [0.1, 0.15) is 5.75 Å². The largest absolute Gasteiger partial charge is 0.497 e. The second-order valence-electron chi connectivity index (χ2n) is 5.51. The second kappa shape index (κ2) is 6.92. The zero-order valence-corrected chi connectivity index (χ0v) is 12.1. The Labute approximate surface area is 116 Å². The van der Waals surface area contributed by atoms with Gasteiger partial charge in [-0.3, -0.25) is 4.90 Å². The summed E-state index contributed by atoms with van der Waals surface area (Å²) >= 11 is 0. The summed E-state index contributed by atoms with van der Waals surface area (Å²) in [6.45, 7) is 5.51. The normalized spacial score (nSPS) is 19.3. The van der Waals surface area contributed by atoms with Crippen molar-refractivity contribution in [2.45, 2.75) is 32.2 Å². The van der Waals surface area contributed by atoms with Gasteiger partial charge in [-0.1, -0.05) is 12.1 Å². The van der Waals surface area contributed by atoms with Crippen LogP contribution in [0.5, 0.6) is 5.75 Å². The topological polar surface area (TPSA) is 38.5 Å². The molecule has 1 aliphatic rings. The molecule has 106 valence electrons. The molecule has 1 saturated heterocycles. The van der Waals surface area contributed by atoms with Crippen molar-refractivity contribution in [2.75, 3.05) is 26.7 Å². The Hall–Kier alpha value is -1.06.